The fourth-order valence-electron chi connectivity index (χ4n) is 2.31. The Balaban J connectivity index is 2.21. The first-order chi connectivity index (χ1) is 10.0. The fourth-order valence-corrected chi connectivity index (χ4v) is 2.51. The molecule has 0 aliphatic carbocycles. The molecular formula is C17H20ClFN2. The molecule has 0 aliphatic rings. The molecule has 0 radical (unpaired) electrons. The van der Waals surface area contributed by atoms with Crippen molar-refractivity contribution in [2.75, 3.05) is 0 Å². The molecule has 0 aromatic heterocycles. The minimum Gasteiger partial charge on any atom is -0.271 e. The van der Waals surface area contributed by atoms with Crippen LogP contribution < -0.4 is 11.3 Å². The molecule has 1 atom stereocenters. The Morgan fingerprint density at radius 1 is 1.10 bits per heavy atom. The molecule has 21 heavy (non-hydrogen) atoms. The van der Waals surface area contributed by atoms with Crippen molar-refractivity contribution >= 4 is 11.6 Å². The number of hydrogen-bond donors (Lipinski definition) is 2. The number of rotatable bonds is 5. The van der Waals surface area contributed by atoms with Gasteiger partial charge in [0.2, 0.25) is 0 Å². The van der Waals surface area contributed by atoms with Crippen molar-refractivity contribution in [3.05, 3.63) is 70.0 Å². The van der Waals surface area contributed by atoms with Crippen molar-refractivity contribution in [2.24, 2.45) is 5.84 Å². The predicted molar refractivity (Wildman–Crippen MR) is 85.7 cm³/mol. The molecule has 4 heteroatoms. The number of hydrazine groups is 1. The molecule has 1 unspecified atom stereocenters. The third kappa shape index (κ3) is 3.82. The van der Waals surface area contributed by atoms with Crippen molar-refractivity contribution in [3.8, 4) is 0 Å². The smallest absolute Gasteiger partial charge is 0.145 e. The van der Waals surface area contributed by atoms with Gasteiger partial charge in [0.05, 0.1) is 11.1 Å². The van der Waals surface area contributed by atoms with E-state index < -0.39 is 0 Å². The van der Waals surface area contributed by atoms with E-state index in [0.717, 1.165) is 5.56 Å². The molecule has 2 rings (SSSR count). The lowest BCUT2D eigenvalue weighted by molar-refractivity contribution is 0.529. The lowest BCUT2D eigenvalue weighted by Gasteiger charge is -2.18. The topological polar surface area (TPSA) is 38.0 Å². The Morgan fingerprint density at radius 2 is 1.71 bits per heavy atom. The van der Waals surface area contributed by atoms with Crippen molar-refractivity contribution in [2.45, 2.75) is 32.2 Å². The molecule has 0 spiro atoms. The second kappa shape index (κ2) is 7.03. The summed E-state index contributed by atoms with van der Waals surface area (Å²) in [5.74, 6) is 5.74. The van der Waals surface area contributed by atoms with Crippen LogP contribution in [-0.2, 0) is 6.42 Å². The van der Waals surface area contributed by atoms with Gasteiger partial charge in [0.15, 0.2) is 0 Å². The second-order valence-electron chi connectivity index (χ2n) is 5.46. The third-order valence-electron chi connectivity index (χ3n) is 3.66. The molecule has 2 aromatic rings. The molecule has 0 bridgehead atoms. The van der Waals surface area contributed by atoms with Crippen molar-refractivity contribution in [1.82, 2.24) is 5.43 Å². The van der Waals surface area contributed by atoms with E-state index in [-0.39, 0.29) is 16.9 Å². The van der Waals surface area contributed by atoms with E-state index in [1.807, 2.05) is 12.1 Å². The van der Waals surface area contributed by atoms with Gasteiger partial charge in [-0.3, -0.25) is 11.3 Å². The molecule has 0 aliphatic heterocycles. The minimum absolute atomic E-state index is 0.137. The van der Waals surface area contributed by atoms with E-state index in [0.29, 0.717) is 17.9 Å². The Morgan fingerprint density at radius 3 is 2.29 bits per heavy atom. The van der Waals surface area contributed by atoms with Crippen molar-refractivity contribution in [3.63, 3.8) is 0 Å². The van der Waals surface area contributed by atoms with E-state index in [9.17, 15) is 4.39 Å². The van der Waals surface area contributed by atoms with E-state index in [4.69, 9.17) is 17.4 Å². The summed E-state index contributed by atoms with van der Waals surface area (Å²) in [7, 11) is 0. The summed E-state index contributed by atoms with van der Waals surface area (Å²) in [6.45, 7) is 4.30. The summed E-state index contributed by atoms with van der Waals surface area (Å²) in [6, 6.07) is 13.1. The summed E-state index contributed by atoms with van der Waals surface area (Å²) >= 11 is 5.82. The standard InChI is InChI=1S/C17H20ClFN2/c1-11(2)12-6-8-13(9-7-12)16(21-20)10-14-4-3-5-15(18)17(14)19/h3-9,11,16,21H,10,20H2,1-2H3. The largest absolute Gasteiger partial charge is 0.271 e. The SMILES string of the molecule is CC(C)c1ccc(C(Cc2cccc(Cl)c2F)NN)cc1. The highest BCUT2D eigenvalue weighted by Crippen LogP contribution is 2.25. The van der Waals surface area contributed by atoms with Crippen LogP contribution in [0.3, 0.4) is 0 Å². The maximum atomic E-state index is 14.0. The number of hydrogen-bond acceptors (Lipinski definition) is 2. The van der Waals surface area contributed by atoms with Gasteiger partial charge in [0.1, 0.15) is 5.82 Å². The first kappa shape index (κ1) is 16.0. The Labute approximate surface area is 130 Å². The average molecular weight is 307 g/mol. The van der Waals surface area contributed by atoms with E-state index in [2.05, 4.69) is 31.4 Å². The molecular weight excluding hydrogens is 287 g/mol. The van der Waals surface area contributed by atoms with Crippen LogP contribution in [0.15, 0.2) is 42.5 Å². The number of benzene rings is 2. The van der Waals surface area contributed by atoms with E-state index in [1.54, 1.807) is 18.2 Å². The Kier molecular flexibility index (Phi) is 5.34. The van der Waals surface area contributed by atoms with Gasteiger partial charge >= 0.3 is 0 Å². The lowest BCUT2D eigenvalue weighted by atomic mass is 9.96. The van der Waals surface area contributed by atoms with Crippen LogP contribution in [-0.4, -0.2) is 0 Å². The van der Waals surface area contributed by atoms with E-state index >= 15 is 0 Å². The monoisotopic (exact) mass is 306 g/mol. The van der Waals surface area contributed by atoms with Gasteiger partial charge in [-0.1, -0.05) is 61.8 Å². The summed E-state index contributed by atoms with van der Waals surface area (Å²) < 4.78 is 14.0. The maximum absolute atomic E-state index is 14.0. The summed E-state index contributed by atoms with van der Waals surface area (Å²) in [4.78, 5) is 0. The maximum Gasteiger partial charge on any atom is 0.145 e. The first-order valence-corrected chi connectivity index (χ1v) is 7.39. The van der Waals surface area contributed by atoms with Gasteiger partial charge in [-0.15, -0.1) is 0 Å². The highest BCUT2D eigenvalue weighted by atomic mass is 35.5. The first-order valence-electron chi connectivity index (χ1n) is 7.01. The third-order valence-corrected chi connectivity index (χ3v) is 3.95. The van der Waals surface area contributed by atoms with Gasteiger partial charge in [0.25, 0.3) is 0 Å². The Hall–Kier alpha value is -1.42. The summed E-state index contributed by atoms with van der Waals surface area (Å²) in [5, 5.41) is 0.137. The van der Waals surface area contributed by atoms with Crippen molar-refractivity contribution in [1.29, 1.82) is 0 Å². The van der Waals surface area contributed by atoms with Crippen LogP contribution in [0.25, 0.3) is 0 Å². The quantitative estimate of drug-likeness (QED) is 0.636. The lowest BCUT2D eigenvalue weighted by Crippen LogP contribution is -2.29. The molecule has 0 saturated carbocycles. The second-order valence-corrected chi connectivity index (χ2v) is 5.86. The molecule has 112 valence electrons. The van der Waals surface area contributed by atoms with Gasteiger partial charge < -0.3 is 0 Å². The molecule has 0 fully saturated rings. The molecule has 0 saturated heterocycles. The van der Waals surface area contributed by atoms with Crippen LogP contribution in [0.5, 0.6) is 0 Å². The van der Waals surface area contributed by atoms with Crippen molar-refractivity contribution < 1.29 is 4.39 Å². The molecule has 2 nitrogen and oxygen atoms in total. The molecule has 2 aromatic carbocycles. The zero-order chi connectivity index (χ0) is 15.4. The van der Waals surface area contributed by atoms with Gasteiger partial charge in [0, 0.05) is 0 Å². The molecule has 0 heterocycles. The molecule has 3 N–H and O–H groups in total. The van der Waals surface area contributed by atoms with Crippen LogP contribution in [0.2, 0.25) is 5.02 Å². The number of halogens is 2. The van der Waals surface area contributed by atoms with E-state index in [1.165, 1.54) is 5.56 Å². The Bertz CT molecular complexity index is 596. The predicted octanol–water partition coefficient (Wildman–Crippen LogP) is 4.35. The zero-order valence-corrected chi connectivity index (χ0v) is 13.0. The normalized spacial score (nSPS) is 12.7. The number of nitrogens with two attached hydrogens (primary N) is 1. The zero-order valence-electron chi connectivity index (χ0n) is 12.2. The van der Waals surface area contributed by atoms with Crippen LogP contribution >= 0.6 is 11.6 Å². The summed E-state index contributed by atoms with van der Waals surface area (Å²) in [6.07, 6.45) is 0.448. The van der Waals surface area contributed by atoms with Gasteiger partial charge in [-0.05, 0) is 35.1 Å². The van der Waals surface area contributed by atoms with Crippen LogP contribution in [0.4, 0.5) is 4.39 Å². The molecule has 0 amide bonds. The van der Waals surface area contributed by atoms with Crippen LogP contribution in [0.1, 0.15) is 42.5 Å². The van der Waals surface area contributed by atoms with Crippen LogP contribution in [0, 0.1) is 5.82 Å². The van der Waals surface area contributed by atoms with Gasteiger partial charge in [-0.25, -0.2) is 4.39 Å². The fraction of sp³-hybridized carbons (Fsp3) is 0.294. The van der Waals surface area contributed by atoms with Gasteiger partial charge in [-0.2, -0.15) is 0 Å². The summed E-state index contributed by atoms with van der Waals surface area (Å²) in [5.41, 5.74) is 5.60. The minimum atomic E-state index is -0.377. The highest BCUT2D eigenvalue weighted by molar-refractivity contribution is 6.30. The highest BCUT2D eigenvalue weighted by Gasteiger charge is 2.15. The average Bonchev–Trinajstić information content (AvgIpc) is 2.49. The number of nitrogens with one attached hydrogen (secondary N) is 1.